The maximum Gasteiger partial charge on any atom is 0.340 e. The molecule has 3 rings (SSSR count). The van der Waals surface area contributed by atoms with Gasteiger partial charge in [-0.15, -0.1) is 0 Å². The number of ether oxygens (including phenoxy) is 1. The minimum absolute atomic E-state index is 0.158. The van der Waals surface area contributed by atoms with E-state index in [-0.39, 0.29) is 29.6 Å². The SMILES string of the molecule is C[C@H](OC(=O)c1ccc(=O)n(Cc2ccccc2Cl)c1)C(=O)NC1CCCC1. The first kappa shape index (κ1) is 20.1. The summed E-state index contributed by atoms with van der Waals surface area (Å²) in [5.41, 5.74) is 0.705. The van der Waals surface area contributed by atoms with Crippen molar-refractivity contribution in [2.45, 2.75) is 51.3 Å². The van der Waals surface area contributed by atoms with Gasteiger partial charge in [-0.05, 0) is 37.5 Å². The van der Waals surface area contributed by atoms with E-state index in [0.717, 1.165) is 31.2 Å². The number of amides is 1. The molecule has 0 aliphatic heterocycles. The number of esters is 1. The van der Waals surface area contributed by atoms with E-state index in [1.165, 1.54) is 22.9 Å². The Bertz CT molecular complexity index is 919. The van der Waals surface area contributed by atoms with E-state index in [9.17, 15) is 14.4 Å². The van der Waals surface area contributed by atoms with Gasteiger partial charge < -0.3 is 14.6 Å². The van der Waals surface area contributed by atoms with Crippen LogP contribution < -0.4 is 10.9 Å². The zero-order valence-corrected chi connectivity index (χ0v) is 16.4. The van der Waals surface area contributed by atoms with E-state index in [1.54, 1.807) is 19.1 Å². The molecule has 1 aliphatic carbocycles. The minimum atomic E-state index is -0.906. The molecule has 28 heavy (non-hydrogen) atoms. The summed E-state index contributed by atoms with van der Waals surface area (Å²) in [6, 6.07) is 10.0. The van der Waals surface area contributed by atoms with E-state index >= 15 is 0 Å². The predicted octanol–water partition coefficient (Wildman–Crippen LogP) is 3.15. The van der Waals surface area contributed by atoms with Crippen molar-refractivity contribution in [3.63, 3.8) is 0 Å². The maximum atomic E-state index is 12.4. The van der Waals surface area contributed by atoms with E-state index in [2.05, 4.69) is 5.32 Å². The second kappa shape index (κ2) is 9.06. The van der Waals surface area contributed by atoms with Gasteiger partial charge in [-0.3, -0.25) is 9.59 Å². The van der Waals surface area contributed by atoms with Crippen LogP contribution in [-0.2, 0) is 16.1 Å². The van der Waals surface area contributed by atoms with Crippen LogP contribution in [0.5, 0.6) is 0 Å². The molecule has 1 saturated carbocycles. The lowest BCUT2D eigenvalue weighted by Crippen LogP contribution is -2.41. The van der Waals surface area contributed by atoms with Crippen molar-refractivity contribution in [2.24, 2.45) is 0 Å². The van der Waals surface area contributed by atoms with Crippen LogP contribution in [0.4, 0.5) is 0 Å². The van der Waals surface area contributed by atoms with Crippen molar-refractivity contribution >= 4 is 23.5 Å². The smallest absolute Gasteiger partial charge is 0.340 e. The molecule has 1 N–H and O–H groups in total. The first-order valence-electron chi connectivity index (χ1n) is 9.39. The van der Waals surface area contributed by atoms with Gasteiger partial charge in [0.05, 0.1) is 12.1 Å². The molecular formula is C21H23ClN2O4. The normalized spacial score (nSPS) is 15.2. The quantitative estimate of drug-likeness (QED) is 0.753. The first-order valence-corrected chi connectivity index (χ1v) is 9.77. The van der Waals surface area contributed by atoms with Crippen LogP contribution in [-0.4, -0.2) is 28.6 Å². The van der Waals surface area contributed by atoms with Gasteiger partial charge in [0.1, 0.15) is 0 Å². The van der Waals surface area contributed by atoms with Crippen molar-refractivity contribution in [1.82, 2.24) is 9.88 Å². The van der Waals surface area contributed by atoms with Gasteiger partial charge in [-0.25, -0.2) is 4.79 Å². The average molecular weight is 403 g/mol. The van der Waals surface area contributed by atoms with Crippen LogP contribution >= 0.6 is 11.6 Å². The number of rotatable bonds is 6. The van der Waals surface area contributed by atoms with Gasteiger partial charge in [0, 0.05) is 23.3 Å². The lowest BCUT2D eigenvalue weighted by Gasteiger charge is -2.17. The monoisotopic (exact) mass is 402 g/mol. The van der Waals surface area contributed by atoms with Gasteiger partial charge in [0.15, 0.2) is 6.10 Å². The molecular weight excluding hydrogens is 380 g/mol. The summed E-state index contributed by atoms with van der Waals surface area (Å²) in [4.78, 5) is 36.8. The highest BCUT2D eigenvalue weighted by Crippen LogP contribution is 2.18. The largest absolute Gasteiger partial charge is 0.449 e. The second-order valence-corrected chi connectivity index (χ2v) is 7.42. The third-order valence-corrected chi connectivity index (χ3v) is 5.24. The number of nitrogens with zero attached hydrogens (tertiary/aromatic N) is 1. The van der Waals surface area contributed by atoms with Crippen molar-refractivity contribution in [2.75, 3.05) is 0 Å². The van der Waals surface area contributed by atoms with Gasteiger partial charge in [0.2, 0.25) is 0 Å². The zero-order chi connectivity index (χ0) is 20.1. The molecule has 148 valence electrons. The molecule has 1 aliphatic rings. The molecule has 1 aromatic heterocycles. The molecule has 6 nitrogen and oxygen atoms in total. The molecule has 0 bridgehead atoms. The lowest BCUT2D eigenvalue weighted by molar-refractivity contribution is -0.129. The molecule has 7 heteroatoms. The van der Waals surface area contributed by atoms with Crippen molar-refractivity contribution < 1.29 is 14.3 Å². The van der Waals surface area contributed by atoms with Crippen LogP contribution in [0, 0.1) is 0 Å². The molecule has 0 spiro atoms. The molecule has 1 amide bonds. The Morgan fingerprint density at radius 1 is 1.21 bits per heavy atom. The lowest BCUT2D eigenvalue weighted by atomic mass is 10.2. The predicted molar refractivity (Wildman–Crippen MR) is 107 cm³/mol. The van der Waals surface area contributed by atoms with Gasteiger partial charge >= 0.3 is 5.97 Å². The molecule has 0 unspecified atom stereocenters. The fourth-order valence-corrected chi connectivity index (χ4v) is 3.45. The number of hydrogen-bond acceptors (Lipinski definition) is 4. The third-order valence-electron chi connectivity index (χ3n) is 4.87. The van der Waals surface area contributed by atoms with Crippen LogP contribution in [0.25, 0.3) is 0 Å². The fourth-order valence-electron chi connectivity index (χ4n) is 3.26. The number of carbonyl (C=O) groups excluding carboxylic acids is 2. The van der Waals surface area contributed by atoms with E-state index < -0.39 is 12.1 Å². The van der Waals surface area contributed by atoms with Gasteiger partial charge in [-0.1, -0.05) is 42.6 Å². The minimum Gasteiger partial charge on any atom is -0.449 e. The van der Waals surface area contributed by atoms with Crippen molar-refractivity contribution in [3.8, 4) is 0 Å². The summed E-state index contributed by atoms with van der Waals surface area (Å²) in [5.74, 6) is -0.952. The summed E-state index contributed by atoms with van der Waals surface area (Å²) in [6.45, 7) is 1.78. The fraction of sp³-hybridized carbons (Fsp3) is 0.381. The highest BCUT2D eigenvalue weighted by Gasteiger charge is 2.23. The molecule has 1 fully saturated rings. The van der Waals surface area contributed by atoms with Crippen LogP contribution in [0.3, 0.4) is 0 Å². The summed E-state index contributed by atoms with van der Waals surface area (Å²) >= 11 is 6.15. The molecule has 0 saturated heterocycles. The number of nitrogens with one attached hydrogen (secondary N) is 1. The summed E-state index contributed by atoms with van der Waals surface area (Å²) in [7, 11) is 0. The first-order chi connectivity index (χ1) is 13.4. The Morgan fingerprint density at radius 3 is 2.64 bits per heavy atom. The summed E-state index contributed by atoms with van der Waals surface area (Å²) < 4.78 is 6.67. The zero-order valence-electron chi connectivity index (χ0n) is 15.7. The Morgan fingerprint density at radius 2 is 1.93 bits per heavy atom. The number of aromatic nitrogens is 1. The van der Waals surface area contributed by atoms with Crippen LogP contribution in [0.2, 0.25) is 5.02 Å². The van der Waals surface area contributed by atoms with Crippen molar-refractivity contribution in [1.29, 1.82) is 0 Å². The Labute approximate surface area is 168 Å². The van der Waals surface area contributed by atoms with Crippen molar-refractivity contribution in [3.05, 3.63) is 69.1 Å². The standard InChI is InChI=1S/C21H23ClN2O4/c1-14(20(26)23-17-7-3-4-8-17)28-21(27)16-10-11-19(25)24(13-16)12-15-6-2-5-9-18(15)22/h2,5-6,9-11,13-14,17H,3-4,7-8,12H2,1H3,(H,23,26)/t14-/m0/s1. The van der Waals surface area contributed by atoms with E-state index in [1.807, 2.05) is 12.1 Å². The highest BCUT2D eigenvalue weighted by atomic mass is 35.5. The summed E-state index contributed by atoms with van der Waals surface area (Å²) in [5, 5.41) is 3.45. The second-order valence-electron chi connectivity index (χ2n) is 7.01. The Kier molecular flexibility index (Phi) is 6.52. The number of hydrogen-bond donors (Lipinski definition) is 1. The third kappa shape index (κ3) is 5.01. The van der Waals surface area contributed by atoms with Gasteiger partial charge in [-0.2, -0.15) is 0 Å². The Balaban J connectivity index is 1.67. The molecule has 2 aromatic rings. The van der Waals surface area contributed by atoms with Crippen LogP contribution in [0.15, 0.2) is 47.4 Å². The van der Waals surface area contributed by atoms with E-state index in [0.29, 0.717) is 5.02 Å². The molecule has 1 heterocycles. The molecule has 0 radical (unpaired) electrons. The number of halogens is 1. The van der Waals surface area contributed by atoms with Gasteiger partial charge in [0.25, 0.3) is 11.5 Å². The maximum absolute atomic E-state index is 12.4. The number of benzene rings is 1. The number of pyridine rings is 1. The molecule has 1 atom stereocenters. The van der Waals surface area contributed by atoms with Crippen LogP contribution in [0.1, 0.15) is 48.5 Å². The number of carbonyl (C=O) groups is 2. The average Bonchev–Trinajstić information content (AvgIpc) is 3.18. The Hall–Kier alpha value is -2.60. The van der Waals surface area contributed by atoms with E-state index in [4.69, 9.17) is 16.3 Å². The highest BCUT2D eigenvalue weighted by molar-refractivity contribution is 6.31. The molecule has 1 aromatic carbocycles. The summed E-state index contributed by atoms with van der Waals surface area (Å²) in [6.07, 6.45) is 4.64. The topological polar surface area (TPSA) is 77.4 Å².